The van der Waals surface area contributed by atoms with Crippen LogP contribution >= 0.6 is 11.6 Å². The Morgan fingerprint density at radius 2 is 1.83 bits per heavy atom. The molecule has 3 N–H and O–H groups in total. The Morgan fingerprint density at radius 1 is 1.17 bits per heavy atom. The summed E-state index contributed by atoms with van der Waals surface area (Å²) in [6.45, 7) is -0.638. The van der Waals surface area contributed by atoms with E-state index >= 15 is 0 Å². The number of halogens is 1. The molecule has 0 spiro atoms. The predicted octanol–water partition coefficient (Wildman–Crippen LogP) is 0.913. The zero-order valence-corrected chi connectivity index (χ0v) is 13.7. The van der Waals surface area contributed by atoms with Crippen molar-refractivity contribution >= 4 is 40.2 Å². The van der Waals surface area contributed by atoms with Gasteiger partial charge in [0.25, 0.3) is 0 Å². The molecule has 2 rings (SSSR count). The summed E-state index contributed by atoms with van der Waals surface area (Å²) in [6, 6.07) is 3.29. The summed E-state index contributed by atoms with van der Waals surface area (Å²) in [5.74, 6) is -0.368. The average Bonchev–Trinajstić information content (AvgIpc) is 2.56. The maximum Gasteiger partial charge on any atom is 0.322 e. The second-order valence-corrected chi connectivity index (χ2v) is 4.93. The number of carboxylic acids is 1. The van der Waals surface area contributed by atoms with E-state index in [1.54, 1.807) is 12.1 Å². The van der Waals surface area contributed by atoms with Crippen LogP contribution in [0.3, 0.4) is 0 Å². The number of hydrogen-bond acceptors (Lipinski definition) is 7. The Morgan fingerprint density at radius 3 is 2.46 bits per heavy atom. The summed E-state index contributed by atoms with van der Waals surface area (Å²) >= 11 is 5.90. The van der Waals surface area contributed by atoms with E-state index in [1.165, 1.54) is 14.2 Å². The number of aliphatic carboxylic acids is 1. The highest BCUT2D eigenvalue weighted by Gasteiger charge is 2.13. The molecule has 0 saturated heterocycles. The zero-order chi connectivity index (χ0) is 17.7. The maximum atomic E-state index is 11.6. The topological polar surface area (TPSA) is 123 Å². The van der Waals surface area contributed by atoms with Crippen molar-refractivity contribution in [1.29, 1.82) is 0 Å². The minimum atomic E-state index is -1.13. The molecular formula is C14H15ClN4O5. The van der Waals surface area contributed by atoms with E-state index in [4.69, 9.17) is 26.2 Å². The molecule has 1 aromatic carbocycles. The summed E-state index contributed by atoms with van der Waals surface area (Å²) in [7, 11) is 2.99. The van der Waals surface area contributed by atoms with E-state index in [0.717, 1.165) is 0 Å². The van der Waals surface area contributed by atoms with Crippen molar-refractivity contribution in [3.8, 4) is 11.5 Å². The molecule has 0 fully saturated rings. The molecule has 0 radical (unpaired) electrons. The molecule has 0 aliphatic rings. The molecule has 128 valence electrons. The van der Waals surface area contributed by atoms with E-state index in [9.17, 15) is 9.59 Å². The van der Waals surface area contributed by atoms with Crippen LogP contribution in [0.25, 0.3) is 10.9 Å². The number of carboxylic acid groups (broad SMARTS) is 1. The van der Waals surface area contributed by atoms with Crippen molar-refractivity contribution in [1.82, 2.24) is 15.3 Å². The standard InChI is InChI=1S/C14H15ClN4O5/c1-23-9-3-7-8(4-10(9)24-2)18-14(15)19-13(7)17-5-11(20)16-6-12(21)22/h3-4H,5-6H2,1-2H3,(H,16,20)(H,21,22)(H,17,18,19). The number of rotatable bonds is 7. The van der Waals surface area contributed by atoms with Gasteiger partial charge in [0, 0.05) is 11.5 Å². The lowest BCUT2D eigenvalue weighted by Gasteiger charge is -2.12. The number of ether oxygens (including phenoxy) is 2. The smallest absolute Gasteiger partial charge is 0.322 e. The van der Waals surface area contributed by atoms with Gasteiger partial charge in [-0.2, -0.15) is 0 Å². The SMILES string of the molecule is COc1cc2nc(Cl)nc(NCC(=O)NCC(=O)O)c2cc1OC. The van der Waals surface area contributed by atoms with E-state index in [0.29, 0.717) is 28.2 Å². The Kier molecular flexibility index (Phi) is 5.59. The first kappa shape index (κ1) is 17.5. The van der Waals surface area contributed by atoms with Gasteiger partial charge in [-0.15, -0.1) is 0 Å². The summed E-state index contributed by atoms with van der Waals surface area (Å²) in [5.41, 5.74) is 0.501. The first-order valence-corrected chi connectivity index (χ1v) is 7.14. The van der Waals surface area contributed by atoms with Gasteiger partial charge in [0.1, 0.15) is 12.4 Å². The molecule has 24 heavy (non-hydrogen) atoms. The Hall–Kier alpha value is -2.81. The molecule has 1 amide bonds. The molecule has 1 aromatic heterocycles. The number of nitrogens with zero attached hydrogens (tertiary/aromatic N) is 2. The fraction of sp³-hybridized carbons (Fsp3) is 0.286. The number of benzene rings is 1. The van der Waals surface area contributed by atoms with Crippen LogP contribution in [0.5, 0.6) is 11.5 Å². The third kappa shape index (κ3) is 4.13. The number of hydrogen-bond donors (Lipinski definition) is 3. The number of carbonyl (C=O) groups excluding carboxylic acids is 1. The van der Waals surface area contributed by atoms with Crippen LogP contribution in [0.4, 0.5) is 5.82 Å². The van der Waals surface area contributed by atoms with Gasteiger partial charge >= 0.3 is 5.97 Å². The van der Waals surface area contributed by atoms with E-state index in [1.807, 2.05) is 0 Å². The number of anilines is 1. The van der Waals surface area contributed by atoms with Crippen molar-refractivity contribution in [2.75, 3.05) is 32.6 Å². The summed E-state index contributed by atoms with van der Waals surface area (Å²) in [6.07, 6.45) is 0. The largest absolute Gasteiger partial charge is 0.493 e. The zero-order valence-electron chi connectivity index (χ0n) is 12.9. The van der Waals surface area contributed by atoms with Crippen molar-refractivity contribution in [3.63, 3.8) is 0 Å². The van der Waals surface area contributed by atoms with Crippen LogP contribution < -0.4 is 20.1 Å². The minimum absolute atomic E-state index is 0.0110. The Balaban J connectivity index is 2.28. The molecule has 0 saturated carbocycles. The molecule has 0 bridgehead atoms. The minimum Gasteiger partial charge on any atom is -0.493 e. The van der Waals surface area contributed by atoms with Gasteiger partial charge in [-0.3, -0.25) is 9.59 Å². The van der Waals surface area contributed by atoms with E-state index < -0.39 is 18.4 Å². The van der Waals surface area contributed by atoms with E-state index in [2.05, 4.69) is 20.6 Å². The van der Waals surface area contributed by atoms with Crippen molar-refractivity contribution in [2.24, 2.45) is 0 Å². The van der Waals surface area contributed by atoms with Crippen molar-refractivity contribution in [2.45, 2.75) is 0 Å². The summed E-state index contributed by atoms with van der Waals surface area (Å²) in [5, 5.41) is 14.1. The summed E-state index contributed by atoms with van der Waals surface area (Å²) in [4.78, 5) is 30.2. The quantitative estimate of drug-likeness (QED) is 0.627. The predicted molar refractivity (Wildman–Crippen MR) is 86.8 cm³/mol. The van der Waals surface area contributed by atoms with E-state index in [-0.39, 0.29) is 11.8 Å². The van der Waals surface area contributed by atoms with Crippen LogP contribution in [-0.4, -0.2) is 54.3 Å². The molecule has 0 aliphatic carbocycles. The molecular weight excluding hydrogens is 340 g/mol. The highest BCUT2D eigenvalue weighted by molar-refractivity contribution is 6.28. The molecule has 10 heteroatoms. The lowest BCUT2D eigenvalue weighted by Crippen LogP contribution is -2.34. The molecule has 9 nitrogen and oxygen atoms in total. The van der Waals surface area contributed by atoms with Gasteiger partial charge in [-0.05, 0) is 17.7 Å². The lowest BCUT2D eigenvalue weighted by molar-refractivity contribution is -0.137. The Bertz CT molecular complexity index is 783. The van der Waals surface area contributed by atoms with Gasteiger partial charge in [-0.25, -0.2) is 9.97 Å². The fourth-order valence-corrected chi connectivity index (χ4v) is 2.14. The van der Waals surface area contributed by atoms with Gasteiger partial charge in [0.05, 0.1) is 26.3 Å². The molecule has 0 atom stereocenters. The first-order valence-electron chi connectivity index (χ1n) is 6.76. The van der Waals surface area contributed by atoms with Crippen molar-refractivity contribution in [3.05, 3.63) is 17.4 Å². The molecule has 0 aliphatic heterocycles. The van der Waals surface area contributed by atoms with Gasteiger partial charge in [0.15, 0.2) is 11.5 Å². The maximum absolute atomic E-state index is 11.6. The fourth-order valence-electron chi connectivity index (χ4n) is 1.96. The van der Waals surface area contributed by atoms with Gasteiger partial charge in [0.2, 0.25) is 11.2 Å². The molecule has 2 aromatic rings. The Labute approximate surface area is 141 Å². The van der Waals surface area contributed by atoms with Crippen molar-refractivity contribution < 1.29 is 24.2 Å². The highest BCUT2D eigenvalue weighted by Crippen LogP contribution is 2.34. The second-order valence-electron chi connectivity index (χ2n) is 4.59. The number of carbonyl (C=O) groups is 2. The number of amides is 1. The second kappa shape index (κ2) is 7.64. The van der Waals surface area contributed by atoms with Crippen LogP contribution in [0.1, 0.15) is 0 Å². The number of aromatic nitrogens is 2. The number of fused-ring (bicyclic) bond motifs is 1. The summed E-state index contributed by atoms with van der Waals surface area (Å²) < 4.78 is 10.4. The van der Waals surface area contributed by atoms with Crippen LogP contribution in [0.15, 0.2) is 12.1 Å². The first-order chi connectivity index (χ1) is 11.4. The van der Waals surface area contributed by atoms with Crippen LogP contribution in [0, 0.1) is 0 Å². The lowest BCUT2D eigenvalue weighted by atomic mass is 10.2. The molecule has 1 heterocycles. The third-order valence-electron chi connectivity index (χ3n) is 3.03. The van der Waals surface area contributed by atoms with Crippen LogP contribution in [-0.2, 0) is 9.59 Å². The average molecular weight is 355 g/mol. The number of methoxy groups -OCH3 is 2. The third-order valence-corrected chi connectivity index (χ3v) is 3.20. The molecule has 0 unspecified atom stereocenters. The number of nitrogens with one attached hydrogen (secondary N) is 2. The van der Waals surface area contributed by atoms with Crippen LogP contribution in [0.2, 0.25) is 5.28 Å². The van der Waals surface area contributed by atoms with Gasteiger partial charge in [-0.1, -0.05) is 0 Å². The monoisotopic (exact) mass is 354 g/mol. The normalized spacial score (nSPS) is 10.3. The van der Waals surface area contributed by atoms with Gasteiger partial charge < -0.3 is 25.2 Å². The highest BCUT2D eigenvalue weighted by atomic mass is 35.5.